The molecule has 0 fully saturated rings. The molecule has 0 saturated heterocycles. The number of aromatic nitrogens is 1. The zero-order valence-corrected chi connectivity index (χ0v) is 10.5. The maximum atomic E-state index is 12.1. The molecule has 0 aliphatic carbocycles. The van der Waals surface area contributed by atoms with Crippen molar-refractivity contribution >= 4 is 21.6 Å². The number of hydrogen-bond acceptors (Lipinski definition) is 4. The summed E-state index contributed by atoms with van der Waals surface area (Å²) in [5.41, 5.74) is -0.993. The fourth-order valence-corrected chi connectivity index (χ4v) is 2.75. The lowest BCUT2D eigenvalue weighted by molar-refractivity contribution is 0.464. The van der Waals surface area contributed by atoms with Crippen molar-refractivity contribution in [1.82, 2.24) is 3.97 Å². The van der Waals surface area contributed by atoms with Crippen LogP contribution in [0.4, 0.5) is 0 Å². The molecular weight excluding hydrogens is 278 g/mol. The summed E-state index contributed by atoms with van der Waals surface area (Å²) in [6.07, 6.45) is 1.08. The van der Waals surface area contributed by atoms with Crippen LogP contribution in [0.25, 0.3) is 0 Å². The van der Waals surface area contributed by atoms with E-state index in [9.17, 15) is 18.3 Å². The molecule has 0 spiro atoms. The van der Waals surface area contributed by atoms with Crippen LogP contribution >= 0.6 is 11.6 Å². The Kier molecular flexibility index (Phi) is 3.14. The van der Waals surface area contributed by atoms with Crippen LogP contribution in [-0.4, -0.2) is 17.5 Å². The van der Waals surface area contributed by atoms with Gasteiger partial charge in [-0.05, 0) is 36.4 Å². The molecule has 5 nitrogen and oxygen atoms in total. The summed E-state index contributed by atoms with van der Waals surface area (Å²) in [6, 6.07) is 7.77. The van der Waals surface area contributed by atoms with Crippen molar-refractivity contribution in [2.24, 2.45) is 0 Å². The summed E-state index contributed by atoms with van der Waals surface area (Å²) >= 11 is 5.66. The normalized spacial score (nSPS) is 11.4. The monoisotopic (exact) mass is 285 g/mol. The second-order valence-electron chi connectivity index (χ2n) is 3.45. The molecule has 0 radical (unpaired) electrons. The minimum absolute atomic E-state index is 0.0837. The zero-order valence-electron chi connectivity index (χ0n) is 8.95. The third kappa shape index (κ3) is 2.12. The van der Waals surface area contributed by atoms with Crippen molar-refractivity contribution in [2.45, 2.75) is 4.90 Å². The molecular formula is C11H8ClNO4S. The van der Waals surface area contributed by atoms with Gasteiger partial charge in [0, 0.05) is 11.2 Å². The topological polar surface area (TPSA) is 76.4 Å². The fraction of sp³-hybridized carbons (Fsp3) is 0. The SMILES string of the molecule is O=c1c(O)cccn1S(=O)(=O)c1ccc(Cl)cc1. The highest BCUT2D eigenvalue weighted by molar-refractivity contribution is 7.90. The van der Waals surface area contributed by atoms with Crippen LogP contribution in [0, 0.1) is 0 Å². The Morgan fingerprint density at radius 1 is 1.11 bits per heavy atom. The van der Waals surface area contributed by atoms with Gasteiger partial charge in [0.05, 0.1) is 4.90 Å². The molecule has 0 aliphatic rings. The van der Waals surface area contributed by atoms with Gasteiger partial charge in [-0.3, -0.25) is 4.79 Å². The lowest BCUT2D eigenvalue weighted by atomic mass is 10.4. The van der Waals surface area contributed by atoms with E-state index in [1.165, 1.54) is 30.3 Å². The molecule has 7 heteroatoms. The molecule has 1 aromatic heterocycles. The Morgan fingerprint density at radius 2 is 1.72 bits per heavy atom. The largest absolute Gasteiger partial charge is 0.503 e. The van der Waals surface area contributed by atoms with Gasteiger partial charge in [-0.1, -0.05) is 11.6 Å². The minimum Gasteiger partial charge on any atom is -0.503 e. The van der Waals surface area contributed by atoms with Crippen LogP contribution in [0.1, 0.15) is 0 Å². The van der Waals surface area contributed by atoms with Gasteiger partial charge >= 0.3 is 5.56 Å². The second kappa shape index (κ2) is 4.47. The summed E-state index contributed by atoms with van der Waals surface area (Å²) in [6.45, 7) is 0. The smallest absolute Gasteiger partial charge is 0.306 e. The molecule has 0 atom stereocenters. The summed E-state index contributed by atoms with van der Waals surface area (Å²) < 4.78 is 24.7. The highest BCUT2D eigenvalue weighted by atomic mass is 35.5. The molecule has 94 valence electrons. The van der Waals surface area contributed by atoms with Crippen LogP contribution < -0.4 is 5.56 Å². The standard InChI is InChI=1S/C11H8ClNO4S/c12-8-3-5-9(6-4-8)18(16,17)13-7-1-2-10(14)11(13)15/h1-7,14H. The Labute approximate surface area is 108 Å². The molecule has 0 amide bonds. The van der Waals surface area contributed by atoms with Crippen LogP contribution in [0.3, 0.4) is 0 Å². The van der Waals surface area contributed by atoms with Crippen LogP contribution in [0.2, 0.25) is 5.02 Å². The predicted octanol–water partition coefficient (Wildman–Crippen LogP) is 1.44. The van der Waals surface area contributed by atoms with Crippen LogP contribution in [-0.2, 0) is 10.0 Å². The predicted molar refractivity (Wildman–Crippen MR) is 66.4 cm³/mol. The molecule has 18 heavy (non-hydrogen) atoms. The number of rotatable bonds is 2. The van der Waals surface area contributed by atoms with Gasteiger partial charge < -0.3 is 5.11 Å². The molecule has 2 aromatic rings. The summed E-state index contributed by atoms with van der Waals surface area (Å²) in [5.74, 6) is -0.630. The van der Waals surface area contributed by atoms with Crippen molar-refractivity contribution in [3.8, 4) is 5.75 Å². The average Bonchev–Trinajstić information content (AvgIpc) is 2.33. The first kappa shape index (κ1) is 12.7. The molecule has 1 N–H and O–H groups in total. The highest BCUT2D eigenvalue weighted by Gasteiger charge is 2.19. The Bertz CT molecular complexity index is 734. The zero-order chi connectivity index (χ0) is 13.3. The van der Waals surface area contributed by atoms with E-state index in [2.05, 4.69) is 0 Å². The Balaban J connectivity index is 2.66. The number of nitrogens with zero attached hydrogens (tertiary/aromatic N) is 1. The first-order valence-corrected chi connectivity index (χ1v) is 6.66. The summed E-state index contributed by atoms with van der Waals surface area (Å²) in [7, 11) is -4.02. The number of benzene rings is 1. The molecule has 0 unspecified atom stereocenters. The average molecular weight is 286 g/mol. The third-order valence-electron chi connectivity index (χ3n) is 2.27. The van der Waals surface area contributed by atoms with Gasteiger partial charge in [-0.2, -0.15) is 0 Å². The van der Waals surface area contributed by atoms with Crippen molar-refractivity contribution in [3.05, 3.63) is 58.0 Å². The number of pyridine rings is 1. The van der Waals surface area contributed by atoms with Crippen molar-refractivity contribution in [2.75, 3.05) is 0 Å². The van der Waals surface area contributed by atoms with E-state index in [4.69, 9.17) is 11.6 Å². The summed E-state index contributed by atoms with van der Waals surface area (Å²) in [5, 5.41) is 9.62. The maximum absolute atomic E-state index is 12.1. The van der Waals surface area contributed by atoms with Gasteiger partial charge in [-0.15, -0.1) is 0 Å². The quantitative estimate of drug-likeness (QED) is 0.906. The Morgan fingerprint density at radius 3 is 2.33 bits per heavy atom. The fourth-order valence-electron chi connectivity index (χ4n) is 1.37. The van der Waals surface area contributed by atoms with Crippen LogP contribution in [0.5, 0.6) is 5.75 Å². The van der Waals surface area contributed by atoms with E-state index in [1.807, 2.05) is 0 Å². The first-order chi connectivity index (χ1) is 8.43. The molecule has 0 saturated carbocycles. The molecule has 1 heterocycles. The lowest BCUT2D eigenvalue weighted by Gasteiger charge is -2.07. The van der Waals surface area contributed by atoms with E-state index in [-0.39, 0.29) is 4.90 Å². The van der Waals surface area contributed by atoms with E-state index in [1.54, 1.807) is 0 Å². The number of halogens is 1. The lowest BCUT2D eigenvalue weighted by Crippen LogP contribution is -2.26. The molecule has 0 bridgehead atoms. The molecule has 0 aliphatic heterocycles. The summed E-state index contributed by atoms with van der Waals surface area (Å²) in [4.78, 5) is 11.5. The maximum Gasteiger partial charge on any atom is 0.306 e. The van der Waals surface area contributed by atoms with Crippen molar-refractivity contribution in [3.63, 3.8) is 0 Å². The highest BCUT2D eigenvalue weighted by Crippen LogP contribution is 2.16. The molecule has 1 aromatic carbocycles. The van der Waals surface area contributed by atoms with Gasteiger partial charge in [0.25, 0.3) is 10.0 Å². The van der Waals surface area contributed by atoms with Crippen molar-refractivity contribution < 1.29 is 13.5 Å². The van der Waals surface area contributed by atoms with Crippen molar-refractivity contribution in [1.29, 1.82) is 0 Å². The van der Waals surface area contributed by atoms with E-state index < -0.39 is 21.3 Å². The van der Waals surface area contributed by atoms with E-state index >= 15 is 0 Å². The second-order valence-corrected chi connectivity index (χ2v) is 5.70. The minimum atomic E-state index is -4.02. The third-order valence-corrected chi connectivity index (χ3v) is 4.19. The number of hydrogen-bond donors (Lipinski definition) is 1. The Hall–Kier alpha value is -1.79. The van der Waals surface area contributed by atoms with E-state index in [0.29, 0.717) is 9.00 Å². The number of aromatic hydroxyl groups is 1. The van der Waals surface area contributed by atoms with Gasteiger partial charge in [0.15, 0.2) is 5.75 Å². The van der Waals surface area contributed by atoms with E-state index in [0.717, 1.165) is 12.3 Å². The van der Waals surface area contributed by atoms with Gasteiger partial charge in [0.2, 0.25) is 0 Å². The van der Waals surface area contributed by atoms with Gasteiger partial charge in [-0.25, -0.2) is 12.4 Å². The van der Waals surface area contributed by atoms with Crippen LogP contribution in [0.15, 0.2) is 52.3 Å². The molecule has 2 rings (SSSR count). The first-order valence-electron chi connectivity index (χ1n) is 4.85. The van der Waals surface area contributed by atoms with Gasteiger partial charge in [0.1, 0.15) is 0 Å².